The lowest BCUT2D eigenvalue weighted by Gasteiger charge is -2.42. The average molecular weight is 836 g/mol. The molecule has 0 aromatic heterocycles. The van der Waals surface area contributed by atoms with Crippen molar-refractivity contribution in [2.24, 2.45) is 35.5 Å². The number of ketones is 2. The van der Waals surface area contributed by atoms with Gasteiger partial charge in [-0.3, -0.25) is 14.4 Å². The van der Waals surface area contributed by atoms with Gasteiger partial charge < -0.3 is 29.7 Å². The molecule has 0 bridgehead atoms. The molecule has 3 N–H and O–H groups in total. The van der Waals surface area contributed by atoms with Gasteiger partial charge in [-0.1, -0.05) is 82.6 Å². The van der Waals surface area contributed by atoms with Crippen molar-refractivity contribution in [2.75, 3.05) is 13.7 Å². The van der Waals surface area contributed by atoms with Crippen LogP contribution in [-0.4, -0.2) is 87.5 Å². The Bertz CT molecular complexity index is 1570. The molecule has 60 heavy (non-hydrogen) atoms. The number of ether oxygens (including phenoxy) is 2. The van der Waals surface area contributed by atoms with Gasteiger partial charge in [0.05, 0.1) is 18.3 Å². The number of aliphatic carboxylic acids is 1. The molecule has 1 saturated carbocycles. The highest BCUT2D eigenvalue weighted by molar-refractivity contribution is 6.39. The lowest BCUT2D eigenvalue weighted by atomic mass is 9.80. The van der Waals surface area contributed by atoms with Crippen LogP contribution in [0.3, 0.4) is 0 Å². The zero-order valence-electron chi connectivity index (χ0n) is 37.8. The van der Waals surface area contributed by atoms with E-state index in [2.05, 4.69) is 25.8 Å². The van der Waals surface area contributed by atoms with Gasteiger partial charge in [0.2, 0.25) is 5.79 Å². The van der Waals surface area contributed by atoms with Crippen LogP contribution < -0.4 is 0 Å². The van der Waals surface area contributed by atoms with E-state index in [4.69, 9.17) is 15.9 Å². The largest absolute Gasteiger partial charge is 0.480 e. The summed E-state index contributed by atoms with van der Waals surface area (Å²) in [6, 6.07) is -1.07. The molecule has 0 aromatic carbocycles. The van der Waals surface area contributed by atoms with Crippen LogP contribution in [0.2, 0.25) is 0 Å². The smallest absolute Gasteiger partial charge is 0.326 e. The van der Waals surface area contributed by atoms with Crippen molar-refractivity contribution in [3.05, 3.63) is 47.6 Å². The summed E-state index contributed by atoms with van der Waals surface area (Å²) in [4.78, 5) is 52.2. The Labute approximate surface area is 361 Å². The van der Waals surface area contributed by atoms with Gasteiger partial charge in [-0.25, -0.2) is 4.79 Å². The average Bonchev–Trinajstić information content (AvgIpc) is 3.23. The Morgan fingerprint density at radius 3 is 2.42 bits per heavy atom. The first-order valence-electron chi connectivity index (χ1n) is 22.9. The van der Waals surface area contributed by atoms with Crippen LogP contribution >= 0.6 is 0 Å². The van der Waals surface area contributed by atoms with E-state index >= 15 is 0 Å². The molecule has 0 radical (unpaired) electrons. The van der Waals surface area contributed by atoms with E-state index in [1.807, 2.05) is 51.2 Å². The Kier molecular flexibility index (Phi) is 21.7. The van der Waals surface area contributed by atoms with E-state index in [1.54, 1.807) is 14.0 Å². The number of carboxylic acid groups (broad SMARTS) is 1. The van der Waals surface area contributed by atoms with Gasteiger partial charge in [0.25, 0.3) is 11.7 Å². The van der Waals surface area contributed by atoms with Crippen LogP contribution in [-0.2, 0) is 28.7 Å². The highest BCUT2D eigenvalue weighted by Crippen LogP contribution is 2.36. The second-order valence-electron chi connectivity index (χ2n) is 18.5. The minimum atomic E-state index is -2.27. The van der Waals surface area contributed by atoms with Crippen molar-refractivity contribution in [3.63, 3.8) is 0 Å². The maximum atomic E-state index is 13.3. The molecule has 1 aliphatic carbocycles. The number of likely N-dealkylation sites (tertiary alicyclic amines) is 1. The fourth-order valence-corrected chi connectivity index (χ4v) is 9.25. The van der Waals surface area contributed by atoms with E-state index in [0.29, 0.717) is 81.6 Å². The summed E-state index contributed by atoms with van der Waals surface area (Å²) in [5.74, 6) is -1.78. The number of aliphatic hydroxyl groups is 2. The second-order valence-corrected chi connectivity index (χ2v) is 18.5. The summed E-state index contributed by atoms with van der Waals surface area (Å²) < 4.78 is 11.5. The summed E-state index contributed by atoms with van der Waals surface area (Å²) in [5, 5.41) is 31.8. The van der Waals surface area contributed by atoms with Crippen molar-refractivity contribution in [2.45, 2.75) is 181 Å². The van der Waals surface area contributed by atoms with Gasteiger partial charge in [0.15, 0.2) is 0 Å². The third kappa shape index (κ3) is 16.2. The Balaban J connectivity index is 1.36. The molecule has 0 spiro atoms. The third-order valence-corrected chi connectivity index (χ3v) is 13.3. The zero-order chi connectivity index (χ0) is 44.4. The molecule has 11 atom stereocenters. The Morgan fingerprint density at radius 2 is 1.72 bits per heavy atom. The molecular formula is C50H77NO9. The summed E-state index contributed by atoms with van der Waals surface area (Å²) in [7, 11) is 1.78. The molecule has 3 fully saturated rings. The SMILES string of the molecule is C#C[C@@H](CCC(=O)[C@H](C)/C=C(\C)[C@@H](O)CC[C@H](C)C[C@H](C)/C=C/C=C/C=C(\C)CC[C@@H]1CC[C@@H](C)[C@](O)(C(=O)C(=O)N2CCCC[C@H]2C(=O)O)O1)C[C@@H]1CCC[C@H](OC)C1. The number of hydrogen-bond donors (Lipinski definition) is 3. The number of rotatable bonds is 23. The molecule has 336 valence electrons. The number of terminal acetylenes is 1. The Morgan fingerprint density at radius 1 is 0.967 bits per heavy atom. The number of piperidine rings is 1. The molecule has 10 heteroatoms. The quantitative estimate of drug-likeness (QED) is 0.0397. The van der Waals surface area contributed by atoms with Gasteiger partial charge >= 0.3 is 5.97 Å². The maximum Gasteiger partial charge on any atom is 0.326 e. The van der Waals surface area contributed by atoms with Gasteiger partial charge in [0.1, 0.15) is 11.8 Å². The fourth-order valence-electron chi connectivity index (χ4n) is 9.25. The molecule has 0 aromatic rings. The van der Waals surface area contributed by atoms with Crippen molar-refractivity contribution < 1.29 is 44.0 Å². The van der Waals surface area contributed by atoms with Crippen molar-refractivity contribution in [3.8, 4) is 12.3 Å². The van der Waals surface area contributed by atoms with Crippen molar-refractivity contribution in [1.29, 1.82) is 0 Å². The molecule has 0 unspecified atom stereocenters. The van der Waals surface area contributed by atoms with E-state index in [0.717, 1.165) is 48.2 Å². The van der Waals surface area contributed by atoms with E-state index in [-0.39, 0.29) is 30.6 Å². The number of methoxy groups -OCH3 is 1. The van der Waals surface area contributed by atoms with E-state index in [1.165, 1.54) is 12.8 Å². The third-order valence-electron chi connectivity index (χ3n) is 13.3. The lowest BCUT2D eigenvalue weighted by Crippen LogP contribution is -2.60. The van der Waals surface area contributed by atoms with E-state index in [9.17, 15) is 34.5 Å². The lowest BCUT2D eigenvalue weighted by molar-refractivity contribution is -0.263. The van der Waals surface area contributed by atoms with Gasteiger partial charge in [-0.05, 0) is 127 Å². The van der Waals surface area contributed by atoms with Crippen molar-refractivity contribution in [1.82, 2.24) is 4.90 Å². The monoisotopic (exact) mass is 836 g/mol. The highest BCUT2D eigenvalue weighted by atomic mass is 16.6. The minimum absolute atomic E-state index is 0.105. The van der Waals surface area contributed by atoms with Crippen LogP contribution in [0, 0.1) is 47.9 Å². The summed E-state index contributed by atoms with van der Waals surface area (Å²) in [6.45, 7) is 12.1. The van der Waals surface area contributed by atoms with Gasteiger partial charge in [-0.2, -0.15) is 0 Å². The first kappa shape index (κ1) is 51.0. The number of amides is 1. The molecule has 1 amide bonds. The number of hydrogen-bond acceptors (Lipinski definition) is 8. The molecule has 10 nitrogen and oxygen atoms in total. The number of carboxylic acids is 1. The maximum absolute atomic E-state index is 13.3. The Hall–Kier alpha value is -3.36. The zero-order valence-corrected chi connectivity index (χ0v) is 37.8. The number of carbonyl (C=O) groups excluding carboxylic acids is 3. The van der Waals surface area contributed by atoms with Gasteiger partial charge in [-0.15, -0.1) is 12.3 Å². The predicted octanol–water partition coefficient (Wildman–Crippen LogP) is 8.94. The number of allylic oxidation sites excluding steroid dienone is 7. The van der Waals surface area contributed by atoms with Crippen molar-refractivity contribution >= 4 is 23.4 Å². The fraction of sp³-hybridized carbons (Fsp3) is 0.720. The normalized spacial score (nSPS) is 28.2. The summed E-state index contributed by atoms with van der Waals surface area (Å²) in [6.07, 6.45) is 30.5. The summed E-state index contributed by atoms with van der Waals surface area (Å²) in [5.41, 5.74) is 1.96. The van der Waals surface area contributed by atoms with Crippen LogP contribution in [0.25, 0.3) is 0 Å². The molecule has 2 saturated heterocycles. The van der Waals surface area contributed by atoms with Crippen LogP contribution in [0.15, 0.2) is 47.6 Å². The number of Topliss-reactive ketones (excluding diaryl/α,β-unsaturated/α-hetero) is 2. The van der Waals surface area contributed by atoms with Gasteiger partial charge in [0, 0.05) is 37.8 Å². The first-order valence-corrected chi connectivity index (χ1v) is 22.9. The molecular weight excluding hydrogens is 759 g/mol. The number of carbonyl (C=O) groups is 4. The highest BCUT2D eigenvalue weighted by Gasteiger charge is 2.52. The predicted molar refractivity (Wildman–Crippen MR) is 237 cm³/mol. The topological polar surface area (TPSA) is 151 Å². The number of aliphatic hydroxyl groups excluding tert-OH is 1. The minimum Gasteiger partial charge on any atom is -0.480 e. The second kappa shape index (κ2) is 25.5. The molecule has 2 aliphatic heterocycles. The van der Waals surface area contributed by atoms with Crippen LogP contribution in [0.1, 0.15) is 151 Å². The number of nitrogens with zero attached hydrogens (tertiary/aromatic N) is 1. The van der Waals surface area contributed by atoms with E-state index < -0.39 is 47.6 Å². The summed E-state index contributed by atoms with van der Waals surface area (Å²) >= 11 is 0. The molecule has 3 aliphatic rings. The first-order chi connectivity index (χ1) is 28.5. The van der Waals surface area contributed by atoms with Crippen LogP contribution in [0.4, 0.5) is 0 Å². The molecule has 2 heterocycles. The standard InChI is InChI=1S/C50H77NO9/c1-9-40(32-41-18-15-19-43(33-41)59-8)24-28-46(53)38(6)31-37(5)45(52)27-22-36(4)30-35(3)17-12-10-11-16-34(2)21-25-42-26-23-39(7)50(58,60-42)47(54)48(55)51-29-14-13-20-44(51)49(56)57/h1,10-12,16-17,31,35-36,38-45,52,58H,13-15,18-30,32-33H2,2-8H3,(H,56,57)/b11-10+,17-12+,34-16+,37-31+/t35-,36+,38-,39-,40+,41+,42-,43+,44+,45+,50-/m1/s1. The molecule has 3 rings (SSSR count). The van der Waals surface area contributed by atoms with Crippen LogP contribution in [0.5, 0.6) is 0 Å².